The second kappa shape index (κ2) is 9.58. The molecule has 0 aromatic heterocycles. The van der Waals surface area contributed by atoms with E-state index in [0.717, 1.165) is 36.8 Å². The zero-order valence-electron chi connectivity index (χ0n) is 18.9. The monoisotopic (exact) mass is 464 g/mol. The highest BCUT2D eigenvalue weighted by atomic mass is 32.2. The maximum Gasteiger partial charge on any atom is 0.193 e. The molecule has 3 unspecified atom stereocenters. The Labute approximate surface area is 198 Å². The van der Waals surface area contributed by atoms with Crippen molar-refractivity contribution in [2.45, 2.75) is 49.6 Å². The number of benzene rings is 2. The average molecular weight is 465 g/mol. The molecule has 0 amide bonds. The molecular weight excluding hydrogens is 435 g/mol. The van der Waals surface area contributed by atoms with Gasteiger partial charge in [-0.15, -0.1) is 11.8 Å². The number of nitrogens with zero attached hydrogens (tertiary/aromatic N) is 3. The number of thioether (sulfide) groups is 1. The summed E-state index contributed by atoms with van der Waals surface area (Å²) in [5.74, 6) is 0.00795. The minimum atomic E-state index is -0.729. The number of nitrogens with two attached hydrogens (primary N) is 1. The van der Waals surface area contributed by atoms with Crippen molar-refractivity contribution in [3.63, 3.8) is 0 Å². The predicted octanol–water partition coefficient (Wildman–Crippen LogP) is 4.52. The number of nitriles is 1. The molecule has 2 aliphatic rings. The van der Waals surface area contributed by atoms with Gasteiger partial charge < -0.3 is 15.7 Å². The SMILES string of the molecule is CN1C(N)=N[C@](C)(C2CC(c3cccc(C#N)c3)=CS2)C(CCCc2ccc(F)cc2)C1O. The number of aliphatic hydroxyl groups excluding tert-OH is 1. The third kappa shape index (κ3) is 4.78. The van der Waals surface area contributed by atoms with Gasteiger partial charge in [0.1, 0.15) is 12.0 Å². The normalized spacial score (nSPS) is 27.1. The highest BCUT2D eigenvalue weighted by Gasteiger charge is 2.50. The van der Waals surface area contributed by atoms with E-state index in [1.165, 1.54) is 17.7 Å². The Morgan fingerprint density at radius 2 is 2.06 bits per heavy atom. The largest absolute Gasteiger partial charge is 0.373 e. The van der Waals surface area contributed by atoms with Crippen LogP contribution in [0.15, 0.2) is 58.9 Å². The number of hydrogen-bond donors (Lipinski definition) is 2. The summed E-state index contributed by atoms with van der Waals surface area (Å²) in [5.41, 5.74) is 9.61. The van der Waals surface area contributed by atoms with E-state index in [-0.39, 0.29) is 17.0 Å². The van der Waals surface area contributed by atoms with E-state index in [2.05, 4.69) is 18.4 Å². The minimum Gasteiger partial charge on any atom is -0.373 e. The first-order valence-corrected chi connectivity index (χ1v) is 12.1. The van der Waals surface area contributed by atoms with Crippen molar-refractivity contribution < 1.29 is 9.50 Å². The fraction of sp³-hybridized carbons (Fsp3) is 0.385. The molecule has 3 N–H and O–H groups in total. The first-order chi connectivity index (χ1) is 15.8. The molecule has 0 aliphatic carbocycles. The number of aliphatic hydroxyl groups is 1. The van der Waals surface area contributed by atoms with Crippen molar-refractivity contribution in [2.24, 2.45) is 16.6 Å². The second-order valence-corrected chi connectivity index (χ2v) is 10.1. The second-order valence-electron chi connectivity index (χ2n) is 9.01. The lowest BCUT2D eigenvalue weighted by atomic mass is 9.75. The number of allylic oxidation sites excluding steroid dienone is 1. The lowest BCUT2D eigenvalue weighted by molar-refractivity contribution is -0.0319. The van der Waals surface area contributed by atoms with E-state index < -0.39 is 11.8 Å². The van der Waals surface area contributed by atoms with Gasteiger partial charge in [-0.1, -0.05) is 24.3 Å². The van der Waals surface area contributed by atoms with E-state index in [9.17, 15) is 14.8 Å². The highest BCUT2D eigenvalue weighted by molar-refractivity contribution is 8.03. The van der Waals surface area contributed by atoms with E-state index in [4.69, 9.17) is 10.7 Å². The third-order valence-corrected chi connectivity index (χ3v) is 8.31. The predicted molar refractivity (Wildman–Crippen MR) is 132 cm³/mol. The summed E-state index contributed by atoms with van der Waals surface area (Å²) in [6, 6.07) is 16.4. The van der Waals surface area contributed by atoms with Crippen LogP contribution < -0.4 is 5.73 Å². The summed E-state index contributed by atoms with van der Waals surface area (Å²) >= 11 is 1.73. The Hall–Kier alpha value is -2.82. The number of halogens is 1. The molecule has 2 heterocycles. The summed E-state index contributed by atoms with van der Waals surface area (Å²) in [6.07, 6.45) is 2.50. The molecule has 0 radical (unpaired) electrons. The zero-order chi connectivity index (χ0) is 23.6. The molecule has 5 nitrogen and oxygen atoms in total. The van der Waals surface area contributed by atoms with Crippen molar-refractivity contribution >= 4 is 23.3 Å². The lowest BCUT2D eigenvalue weighted by Gasteiger charge is -2.48. The van der Waals surface area contributed by atoms with Crippen LogP contribution in [0.1, 0.15) is 42.9 Å². The van der Waals surface area contributed by atoms with Crippen LogP contribution in [0.3, 0.4) is 0 Å². The van der Waals surface area contributed by atoms with Gasteiger partial charge in [0.25, 0.3) is 0 Å². The molecular formula is C26H29FN4OS. The van der Waals surface area contributed by atoms with Crippen LogP contribution in [0.5, 0.6) is 0 Å². The van der Waals surface area contributed by atoms with Crippen molar-refractivity contribution in [3.8, 4) is 6.07 Å². The maximum atomic E-state index is 13.2. The number of rotatable bonds is 6. The molecule has 2 aliphatic heterocycles. The van der Waals surface area contributed by atoms with Gasteiger partial charge in [0, 0.05) is 18.2 Å². The molecule has 0 spiro atoms. The van der Waals surface area contributed by atoms with Gasteiger partial charge in [0.2, 0.25) is 0 Å². The number of aryl methyl sites for hydroxylation is 1. The quantitative estimate of drug-likeness (QED) is 0.657. The van der Waals surface area contributed by atoms with Crippen molar-refractivity contribution in [2.75, 3.05) is 7.05 Å². The summed E-state index contributed by atoms with van der Waals surface area (Å²) in [6.45, 7) is 2.10. The smallest absolute Gasteiger partial charge is 0.193 e. The Morgan fingerprint density at radius 3 is 2.79 bits per heavy atom. The van der Waals surface area contributed by atoms with Crippen LogP contribution in [0.4, 0.5) is 4.39 Å². The third-order valence-electron chi connectivity index (χ3n) is 6.91. The fourth-order valence-electron chi connectivity index (χ4n) is 4.82. The van der Waals surface area contributed by atoms with E-state index in [1.807, 2.05) is 30.3 Å². The van der Waals surface area contributed by atoms with Crippen LogP contribution >= 0.6 is 11.8 Å². The molecule has 7 heteroatoms. The average Bonchev–Trinajstić information content (AvgIpc) is 3.32. The highest BCUT2D eigenvalue weighted by Crippen LogP contribution is 2.48. The maximum absolute atomic E-state index is 13.2. The Bertz CT molecular complexity index is 1110. The van der Waals surface area contributed by atoms with Crippen LogP contribution in [-0.2, 0) is 6.42 Å². The van der Waals surface area contributed by atoms with E-state index in [0.29, 0.717) is 11.5 Å². The topological polar surface area (TPSA) is 85.6 Å². The van der Waals surface area contributed by atoms with Crippen LogP contribution in [0.25, 0.3) is 5.57 Å². The molecule has 0 fully saturated rings. The van der Waals surface area contributed by atoms with Crippen LogP contribution in [0.2, 0.25) is 0 Å². The van der Waals surface area contributed by atoms with Gasteiger partial charge in [0.05, 0.1) is 17.2 Å². The first kappa shape index (κ1) is 23.3. The van der Waals surface area contributed by atoms with Gasteiger partial charge in [-0.25, -0.2) is 9.38 Å². The molecule has 2 aromatic rings. The first-order valence-electron chi connectivity index (χ1n) is 11.2. The summed E-state index contributed by atoms with van der Waals surface area (Å²) in [4.78, 5) is 6.56. The minimum absolute atomic E-state index is 0.106. The summed E-state index contributed by atoms with van der Waals surface area (Å²) in [7, 11) is 1.77. The van der Waals surface area contributed by atoms with Gasteiger partial charge in [0.15, 0.2) is 5.96 Å². The molecule has 0 saturated heterocycles. The Balaban J connectivity index is 1.52. The number of guanidine groups is 1. The van der Waals surface area contributed by atoms with Gasteiger partial charge in [-0.2, -0.15) is 5.26 Å². The van der Waals surface area contributed by atoms with Crippen LogP contribution in [0, 0.1) is 23.1 Å². The lowest BCUT2D eigenvalue weighted by Crippen LogP contribution is -2.60. The fourth-order valence-corrected chi connectivity index (χ4v) is 6.16. The zero-order valence-corrected chi connectivity index (χ0v) is 19.7. The molecule has 2 aromatic carbocycles. The Morgan fingerprint density at radius 1 is 1.30 bits per heavy atom. The van der Waals surface area contributed by atoms with Crippen molar-refractivity contribution in [3.05, 3.63) is 76.4 Å². The van der Waals surface area contributed by atoms with Gasteiger partial charge >= 0.3 is 0 Å². The van der Waals surface area contributed by atoms with Crippen LogP contribution in [-0.4, -0.2) is 40.0 Å². The molecule has 0 saturated carbocycles. The van der Waals surface area contributed by atoms with Crippen molar-refractivity contribution in [1.29, 1.82) is 5.26 Å². The van der Waals surface area contributed by atoms with E-state index >= 15 is 0 Å². The standard InChI is InChI=1S/C26H29FN4OS/c1-26(23-14-20(16-33-23)19-7-3-6-18(13-19)15-28)22(24(32)31(2)25(29)30-26)8-4-5-17-9-11-21(27)12-10-17/h3,6-7,9-13,16,22-24,32H,4-5,8,14H2,1-2H3,(H2,29,30)/t22?,23?,24?,26-/m0/s1. The summed E-state index contributed by atoms with van der Waals surface area (Å²) < 4.78 is 13.2. The number of hydrogen-bond acceptors (Lipinski definition) is 6. The molecule has 0 bridgehead atoms. The van der Waals surface area contributed by atoms with E-state index in [1.54, 1.807) is 29.8 Å². The molecule has 33 heavy (non-hydrogen) atoms. The van der Waals surface area contributed by atoms with Gasteiger partial charge in [-0.05, 0) is 79.0 Å². The van der Waals surface area contributed by atoms with Crippen molar-refractivity contribution in [1.82, 2.24) is 4.90 Å². The number of aliphatic imine (C=N–C) groups is 1. The Kier molecular flexibility index (Phi) is 6.78. The molecule has 172 valence electrons. The van der Waals surface area contributed by atoms with Gasteiger partial charge in [-0.3, -0.25) is 0 Å². The molecule has 4 atom stereocenters. The molecule has 4 rings (SSSR count). The summed E-state index contributed by atoms with van der Waals surface area (Å²) in [5, 5.41) is 22.7.